The maximum Gasteiger partial charge on any atom is 0.0585 e. The van der Waals surface area contributed by atoms with Crippen LogP contribution in [0.15, 0.2) is 28.7 Å². The summed E-state index contributed by atoms with van der Waals surface area (Å²) in [6.07, 6.45) is 1.08. The average molecular weight is 298 g/mol. The van der Waals surface area contributed by atoms with Crippen molar-refractivity contribution in [3.63, 3.8) is 0 Å². The van der Waals surface area contributed by atoms with Crippen molar-refractivity contribution in [3.05, 3.63) is 34.3 Å². The summed E-state index contributed by atoms with van der Waals surface area (Å²) in [4.78, 5) is 0. The summed E-state index contributed by atoms with van der Waals surface area (Å²) in [5.74, 6) is 0. The number of hydrogen-bond acceptors (Lipinski definition) is 2. The molecule has 0 spiro atoms. The minimum Gasteiger partial charge on any atom is -0.379 e. The van der Waals surface area contributed by atoms with E-state index in [0.717, 1.165) is 24.1 Å². The van der Waals surface area contributed by atoms with Gasteiger partial charge in [-0.2, -0.15) is 0 Å². The van der Waals surface area contributed by atoms with E-state index in [1.54, 1.807) is 0 Å². The maximum absolute atomic E-state index is 5.85. The Morgan fingerprint density at radius 2 is 2.12 bits per heavy atom. The molecule has 2 rings (SSSR count). The van der Waals surface area contributed by atoms with Gasteiger partial charge in [0.25, 0.3) is 0 Å². The number of nitrogens with two attached hydrogens (primary N) is 1. The minimum absolute atomic E-state index is 0.159. The van der Waals surface area contributed by atoms with Gasteiger partial charge in [-0.25, -0.2) is 0 Å². The highest BCUT2D eigenvalue weighted by atomic mass is 79.9. The zero-order valence-corrected chi connectivity index (χ0v) is 12.1. The molecule has 2 N–H and O–H groups in total. The third-order valence-electron chi connectivity index (χ3n) is 3.56. The van der Waals surface area contributed by atoms with Crippen molar-refractivity contribution in [2.45, 2.75) is 25.7 Å². The molecule has 0 saturated carbocycles. The van der Waals surface area contributed by atoms with Gasteiger partial charge in [0.1, 0.15) is 0 Å². The summed E-state index contributed by atoms with van der Waals surface area (Å²) in [5.41, 5.74) is 7.53. The second kappa shape index (κ2) is 4.71. The Kier molecular flexibility index (Phi) is 3.62. The zero-order valence-electron chi connectivity index (χ0n) is 10.5. The normalized spacial score (nSPS) is 18.8. The van der Waals surface area contributed by atoms with Crippen LogP contribution in [0.25, 0.3) is 0 Å². The van der Waals surface area contributed by atoms with Crippen LogP contribution in [0.4, 0.5) is 0 Å². The van der Waals surface area contributed by atoms with Gasteiger partial charge in [-0.05, 0) is 36.1 Å². The van der Waals surface area contributed by atoms with Gasteiger partial charge in [-0.1, -0.05) is 41.9 Å². The van der Waals surface area contributed by atoms with Gasteiger partial charge in [0.15, 0.2) is 0 Å². The van der Waals surface area contributed by atoms with E-state index >= 15 is 0 Å². The first-order valence-electron chi connectivity index (χ1n) is 6.01. The van der Waals surface area contributed by atoms with Gasteiger partial charge in [0.05, 0.1) is 13.2 Å². The average Bonchev–Trinajstić information content (AvgIpc) is 2.24. The second-order valence-electron chi connectivity index (χ2n) is 5.83. The van der Waals surface area contributed by atoms with Gasteiger partial charge < -0.3 is 10.5 Å². The van der Waals surface area contributed by atoms with Gasteiger partial charge >= 0.3 is 0 Å². The van der Waals surface area contributed by atoms with E-state index in [1.807, 2.05) is 0 Å². The van der Waals surface area contributed by atoms with Crippen molar-refractivity contribution in [2.24, 2.45) is 11.1 Å². The monoisotopic (exact) mass is 297 g/mol. The van der Waals surface area contributed by atoms with E-state index in [1.165, 1.54) is 5.56 Å². The topological polar surface area (TPSA) is 35.2 Å². The molecule has 0 radical (unpaired) electrons. The van der Waals surface area contributed by atoms with E-state index in [9.17, 15) is 0 Å². The van der Waals surface area contributed by atoms with Gasteiger partial charge in [-0.3, -0.25) is 0 Å². The molecule has 0 aromatic heterocycles. The lowest BCUT2D eigenvalue weighted by Crippen LogP contribution is -2.50. The van der Waals surface area contributed by atoms with Crippen LogP contribution in [-0.2, 0) is 10.2 Å². The van der Waals surface area contributed by atoms with Crippen LogP contribution < -0.4 is 5.73 Å². The van der Waals surface area contributed by atoms with Gasteiger partial charge in [0.2, 0.25) is 0 Å². The zero-order chi connectivity index (χ0) is 12.5. The molecule has 1 heterocycles. The Morgan fingerprint density at radius 1 is 1.41 bits per heavy atom. The van der Waals surface area contributed by atoms with Crippen molar-refractivity contribution in [1.82, 2.24) is 0 Å². The molecule has 0 amide bonds. The first-order valence-corrected chi connectivity index (χ1v) is 6.81. The molecule has 1 aliphatic heterocycles. The molecule has 0 unspecified atom stereocenters. The molecule has 1 aromatic rings. The Labute approximate surface area is 112 Å². The summed E-state index contributed by atoms with van der Waals surface area (Å²) in [7, 11) is 0. The molecule has 0 aliphatic carbocycles. The van der Waals surface area contributed by atoms with Crippen LogP contribution in [0.5, 0.6) is 0 Å². The van der Waals surface area contributed by atoms with E-state index in [4.69, 9.17) is 10.5 Å². The Balaban J connectivity index is 2.26. The van der Waals surface area contributed by atoms with Gasteiger partial charge in [-0.15, -0.1) is 0 Å². The van der Waals surface area contributed by atoms with E-state index in [2.05, 4.69) is 54.0 Å². The molecule has 1 aliphatic rings. The lowest BCUT2D eigenvalue weighted by atomic mass is 9.68. The molecule has 17 heavy (non-hydrogen) atoms. The molecule has 3 heteroatoms. The van der Waals surface area contributed by atoms with Crippen LogP contribution in [0.2, 0.25) is 0 Å². The fourth-order valence-corrected chi connectivity index (χ4v) is 2.93. The van der Waals surface area contributed by atoms with Crippen molar-refractivity contribution >= 4 is 15.9 Å². The van der Waals surface area contributed by atoms with Gasteiger partial charge in [0, 0.05) is 9.89 Å². The fourth-order valence-electron chi connectivity index (χ4n) is 2.53. The molecular weight excluding hydrogens is 278 g/mol. The minimum atomic E-state index is 0.159. The molecule has 0 atom stereocenters. The second-order valence-corrected chi connectivity index (χ2v) is 6.74. The summed E-state index contributed by atoms with van der Waals surface area (Å²) >= 11 is 3.54. The highest BCUT2D eigenvalue weighted by Crippen LogP contribution is 2.42. The Bertz CT molecular complexity index is 399. The summed E-state index contributed by atoms with van der Waals surface area (Å²) in [5, 5.41) is 0. The lowest BCUT2D eigenvalue weighted by molar-refractivity contribution is -0.0786. The van der Waals surface area contributed by atoms with Crippen LogP contribution in [0.3, 0.4) is 0 Å². The number of hydrogen-bond donors (Lipinski definition) is 1. The highest BCUT2D eigenvalue weighted by Gasteiger charge is 2.43. The van der Waals surface area contributed by atoms with Crippen molar-refractivity contribution in [3.8, 4) is 0 Å². The first kappa shape index (κ1) is 13.1. The largest absolute Gasteiger partial charge is 0.379 e. The molecule has 94 valence electrons. The van der Waals surface area contributed by atoms with Crippen LogP contribution in [-0.4, -0.2) is 19.8 Å². The van der Waals surface area contributed by atoms with Crippen LogP contribution in [0, 0.1) is 5.41 Å². The fraction of sp³-hybridized carbons (Fsp3) is 0.571. The van der Waals surface area contributed by atoms with Crippen molar-refractivity contribution in [2.75, 3.05) is 19.8 Å². The Morgan fingerprint density at radius 3 is 2.59 bits per heavy atom. The van der Waals surface area contributed by atoms with Crippen LogP contribution >= 0.6 is 15.9 Å². The predicted octanol–water partition coefficient (Wildman–Crippen LogP) is 3.09. The Hall–Kier alpha value is -0.380. The molecular formula is C14H20BrNO. The quantitative estimate of drug-likeness (QED) is 0.927. The third-order valence-corrected chi connectivity index (χ3v) is 4.06. The molecule has 1 fully saturated rings. The SMILES string of the molecule is CC(C)(CN)CC1(c2cccc(Br)c2)COC1. The van der Waals surface area contributed by atoms with E-state index in [-0.39, 0.29) is 10.8 Å². The van der Waals surface area contributed by atoms with Crippen LogP contribution in [0.1, 0.15) is 25.8 Å². The maximum atomic E-state index is 5.85. The lowest BCUT2D eigenvalue weighted by Gasteiger charge is -2.46. The number of benzene rings is 1. The molecule has 0 bridgehead atoms. The molecule has 1 aromatic carbocycles. The van der Waals surface area contributed by atoms with E-state index in [0.29, 0.717) is 6.54 Å². The number of halogens is 1. The predicted molar refractivity (Wildman–Crippen MR) is 74.1 cm³/mol. The summed E-state index contributed by atoms with van der Waals surface area (Å²) in [6.45, 7) is 6.79. The van der Waals surface area contributed by atoms with E-state index < -0.39 is 0 Å². The summed E-state index contributed by atoms with van der Waals surface area (Å²) < 4.78 is 6.60. The smallest absolute Gasteiger partial charge is 0.0585 e. The highest BCUT2D eigenvalue weighted by molar-refractivity contribution is 9.10. The number of rotatable bonds is 4. The van der Waals surface area contributed by atoms with Crippen molar-refractivity contribution < 1.29 is 4.74 Å². The standard InChI is InChI=1S/C14H20BrNO/c1-13(2,8-16)7-14(9-17-10-14)11-4-3-5-12(15)6-11/h3-6H,7-10,16H2,1-2H3. The first-order chi connectivity index (χ1) is 7.97. The summed E-state index contributed by atoms with van der Waals surface area (Å²) in [6, 6.07) is 8.55. The molecule has 1 saturated heterocycles. The third kappa shape index (κ3) is 2.72. The number of ether oxygens (including phenoxy) is 1. The molecule has 2 nitrogen and oxygen atoms in total. The van der Waals surface area contributed by atoms with Crippen molar-refractivity contribution in [1.29, 1.82) is 0 Å².